The zero-order valence-electron chi connectivity index (χ0n) is 13.7. The van der Waals surface area contributed by atoms with Gasteiger partial charge in [0.2, 0.25) is 5.91 Å². The van der Waals surface area contributed by atoms with E-state index in [4.69, 9.17) is 9.47 Å². The van der Waals surface area contributed by atoms with Crippen molar-refractivity contribution in [2.24, 2.45) is 0 Å². The molecule has 0 bridgehead atoms. The first-order valence-corrected chi connectivity index (χ1v) is 7.81. The monoisotopic (exact) mass is 306 g/mol. The molecule has 1 fully saturated rings. The van der Waals surface area contributed by atoms with Gasteiger partial charge in [0.25, 0.3) is 0 Å². The van der Waals surface area contributed by atoms with Gasteiger partial charge in [-0.2, -0.15) is 0 Å². The van der Waals surface area contributed by atoms with E-state index < -0.39 is 0 Å². The van der Waals surface area contributed by atoms with Crippen LogP contribution >= 0.6 is 0 Å². The normalized spacial score (nSPS) is 18.2. The number of likely N-dealkylation sites (tertiary alicyclic amines) is 1. The third-order valence-corrected chi connectivity index (χ3v) is 4.26. The van der Waals surface area contributed by atoms with Crippen molar-refractivity contribution >= 4 is 5.91 Å². The Balaban J connectivity index is 1.80. The summed E-state index contributed by atoms with van der Waals surface area (Å²) in [7, 11) is 5.37. The van der Waals surface area contributed by atoms with Crippen LogP contribution in [-0.4, -0.2) is 51.2 Å². The first-order chi connectivity index (χ1) is 10.6. The molecule has 1 N–H and O–H groups in total. The van der Waals surface area contributed by atoms with Crippen molar-refractivity contribution in [3.63, 3.8) is 0 Å². The summed E-state index contributed by atoms with van der Waals surface area (Å²) in [5.41, 5.74) is 1.05. The summed E-state index contributed by atoms with van der Waals surface area (Å²) < 4.78 is 10.5. The van der Waals surface area contributed by atoms with Crippen molar-refractivity contribution in [2.45, 2.75) is 31.7 Å². The maximum absolute atomic E-state index is 12.0. The van der Waals surface area contributed by atoms with Gasteiger partial charge < -0.3 is 19.7 Å². The van der Waals surface area contributed by atoms with Crippen molar-refractivity contribution in [3.8, 4) is 11.5 Å². The summed E-state index contributed by atoms with van der Waals surface area (Å²) in [5.74, 6) is 1.60. The number of hydrogen-bond donors (Lipinski definition) is 1. The Morgan fingerprint density at radius 2 is 1.95 bits per heavy atom. The van der Waals surface area contributed by atoms with Gasteiger partial charge in [-0.15, -0.1) is 0 Å². The number of amides is 1. The van der Waals surface area contributed by atoms with Gasteiger partial charge in [0.15, 0.2) is 0 Å². The number of hydrogen-bond acceptors (Lipinski definition) is 4. The van der Waals surface area contributed by atoms with E-state index >= 15 is 0 Å². The number of nitrogens with zero attached hydrogens (tertiary/aromatic N) is 1. The van der Waals surface area contributed by atoms with Crippen LogP contribution in [0.1, 0.15) is 24.8 Å². The lowest BCUT2D eigenvalue weighted by Crippen LogP contribution is -2.38. The van der Waals surface area contributed by atoms with Crippen LogP contribution in [-0.2, 0) is 11.2 Å². The molecule has 122 valence electrons. The van der Waals surface area contributed by atoms with Gasteiger partial charge in [-0.3, -0.25) is 4.79 Å². The fourth-order valence-corrected chi connectivity index (χ4v) is 2.83. The highest BCUT2D eigenvalue weighted by Gasteiger charge is 2.20. The highest BCUT2D eigenvalue weighted by molar-refractivity contribution is 5.76. The van der Waals surface area contributed by atoms with Crippen LogP contribution < -0.4 is 14.8 Å². The molecule has 1 amide bonds. The molecule has 0 aromatic heterocycles. The number of nitrogens with one attached hydrogen (secondary N) is 1. The summed E-state index contributed by atoms with van der Waals surface area (Å²) in [6.45, 7) is 1.88. The van der Waals surface area contributed by atoms with Gasteiger partial charge in [0.1, 0.15) is 11.5 Å². The lowest BCUT2D eigenvalue weighted by atomic mass is 10.1. The maximum atomic E-state index is 12.0. The van der Waals surface area contributed by atoms with Gasteiger partial charge in [0, 0.05) is 25.1 Å². The minimum atomic E-state index is 0.0992. The van der Waals surface area contributed by atoms with E-state index in [-0.39, 0.29) is 5.91 Å². The highest BCUT2D eigenvalue weighted by Crippen LogP contribution is 2.23. The van der Waals surface area contributed by atoms with E-state index in [0.29, 0.717) is 18.9 Å². The molecule has 22 heavy (non-hydrogen) atoms. The molecule has 0 aliphatic carbocycles. The van der Waals surface area contributed by atoms with E-state index in [1.54, 1.807) is 14.2 Å². The summed E-state index contributed by atoms with van der Waals surface area (Å²) in [5, 5.41) is 3.04. The molecule has 0 unspecified atom stereocenters. The maximum Gasteiger partial charge on any atom is 0.220 e. The standard InChI is InChI=1S/C17H26N2O3/c1-19-8-4-5-14(19)12-18-17(20)7-6-13-9-15(21-2)11-16(10-13)22-3/h9-11,14H,4-8,12H2,1-3H3,(H,18,20)/t14-/m0/s1. The van der Waals surface area contributed by atoms with Crippen LogP contribution in [0.5, 0.6) is 11.5 Å². The Kier molecular flexibility index (Phi) is 6.07. The van der Waals surface area contributed by atoms with E-state index in [2.05, 4.69) is 17.3 Å². The predicted molar refractivity (Wildman–Crippen MR) is 86.5 cm³/mol. The summed E-state index contributed by atoms with van der Waals surface area (Å²) in [6.07, 6.45) is 3.55. The molecule has 1 aromatic carbocycles. The Morgan fingerprint density at radius 1 is 1.27 bits per heavy atom. The fraction of sp³-hybridized carbons (Fsp3) is 0.588. The van der Waals surface area contributed by atoms with Crippen molar-refractivity contribution in [1.82, 2.24) is 10.2 Å². The average molecular weight is 306 g/mol. The SMILES string of the molecule is COc1cc(CCC(=O)NC[C@@H]2CCCN2C)cc(OC)c1. The van der Waals surface area contributed by atoms with Crippen molar-refractivity contribution in [3.05, 3.63) is 23.8 Å². The van der Waals surface area contributed by atoms with Gasteiger partial charge >= 0.3 is 0 Å². The third kappa shape index (κ3) is 4.63. The topological polar surface area (TPSA) is 50.8 Å². The first-order valence-electron chi connectivity index (χ1n) is 7.81. The van der Waals surface area contributed by atoms with Gasteiger partial charge in [-0.25, -0.2) is 0 Å². The van der Waals surface area contributed by atoms with Crippen molar-refractivity contribution in [2.75, 3.05) is 34.4 Å². The molecule has 1 aliphatic rings. The second kappa shape index (κ2) is 8.03. The quantitative estimate of drug-likeness (QED) is 0.835. The lowest BCUT2D eigenvalue weighted by Gasteiger charge is -2.19. The molecule has 2 rings (SSSR count). The minimum Gasteiger partial charge on any atom is -0.497 e. The molecule has 0 spiro atoms. The molecule has 1 aliphatic heterocycles. The fourth-order valence-electron chi connectivity index (χ4n) is 2.83. The molecule has 5 nitrogen and oxygen atoms in total. The van der Waals surface area contributed by atoms with Crippen molar-refractivity contribution < 1.29 is 14.3 Å². The highest BCUT2D eigenvalue weighted by atomic mass is 16.5. The smallest absolute Gasteiger partial charge is 0.220 e. The minimum absolute atomic E-state index is 0.0992. The average Bonchev–Trinajstić information content (AvgIpc) is 2.95. The number of benzene rings is 1. The Bertz CT molecular complexity index is 482. The molecule has 1 saturated heterocycles. The van der Waals surface area contributed by atoms with E-state index in [1.807, 2.05) is 18.2 Å². The zero-order valence-corrected chi connectivity index (χ0v) is 13.7. The second-order valence-electron chi connectivity index (χ2n) is 5.80. The molecule has 1 atom stereocenters. The number of likely N-dealkylation sites (N-methyl/N-ethyl adjacent to an activating group) is 1. The Hall–Kier alpha value is -1.75. The first kappa shape index (κ1) is 16.6. The largest absolute Gasteiger partial charge is 0.497 e. The summed E-state index contributed by atoms with van der Waals surface area (Å²) in [6, 6.07) is 6.21. The Morgan fingerprint density at radius 3 is 2.50 bits per heavy atom. The number of ether oxygens (including phenoxy) is 2. The molecule has 1 aromatic rings. The van der Waals surface area contributed by atoms with Crippen LogP contribution in [0.3, 0.4) is 0 Å². The van der Waals surface area contributed by atoms with Gasteiger partial charge in [0.05, 0.1) is 14.2 Å². The number of methoxy groups -OCH3 is 2. The zero-order chi connectivity index (χ0) is 15.9. The van der Waals surface area contributed by atoms with Crippen molar-refractivity contribution in [1.29, 1.82) is 0 Å². The van der Waals surface area contributed by atoms with Crippen LogP contribution in [0, 0.1) is 0 Å². The molecule has 1 heterocycles. The Labute approximate surface area is 132 Å². The number of aryl methyl sites for hydroxylation is 1. The number of carbonyl (C=O) groups excluding carboxylic acids is 1. The number of rotatable bonds is 7. The predicted octanol–water partition coefficient (Wildman–Crippen LogP) is 1.85. The van der Waals surface area contributed by atoms with Crippen LogP contribution in [0.25, 0.3) is 0 Å². The molecule has 5 heteroatoms. The molecular weight excluding hydrogens is 280 g/mol. The molecule has 0 radical (unpaired) electrons. The second-order valence-corrected chi connectivity index (χ2v) is 5.80. The number of carbonyl (C=O) groups is 1. The van der Waals surface area contributed by atoms with E-state index in [1.165, 1.54) is 12.8 Å². The van der Waals surface area contributed by atoms with Crippen LogP contribution in [0.15, 0.2) is 18.2 Å². The summed E-state index contributed by atoms with van der Waals surface area (Å²) in [4.78, 5) is 14.3. The third-order valence-electron chi connectivity index (χ3n) is 4.26. The summed E-state index contributed by atoms with van der Waals surface area (Å²) >= 11 is 0. The van der Waals surface area contributed by atoms with Gasteiger partial charge in [-0.1, -0.05) is 0 Å². The van der Waals surface area contributed by atoms with Gasteiger partial charge in [-0.05, 0) is 50.6 Å². The van der Waals surface area contributed by atoms with E-state index in [0.717, 1.165) is 30.2 Å². The van der Waals surface area contributed by atoms with E-state index in [9.17, 15) is 4.79 Å². The molecule has 0 saturated carbocycles. The molecular formula is C17H26N2O3. The van der Waals surface area contributed by atoms with Crippen LogP contribution in [0.2, 0.25) is 0 Å². The van der Waals surface area contributed by atoms with Crippen LogP contribution in [0.4, 0.5) is 0 Å². The lowest BCUT2D eigenvalue weighted by molar-refractivity contribution is -0.121.